The van der Waals surface area contributed by atoms with Crippen molar-refractivity contribution in [2.75, 3.05) is 5.32 Å². The quantitative estimate of drug-likeness (QED) is 0.667. The molecule has 3 rings (SSSR count). The zero-order chi connectivity index (χ0) is 17.8. The van der Waals surface area contributed by atoms with Gasteiger partial charge in [-0.05, 0) is 43.2 Å². The van der Waals surface area contributed by atoms with Crippen molar-refractivity contribution in [2.45, 2.75) is 33.0 Å². The standard InChI is InChI=1S/C19H22N4O2/c1-13(2)23-11-16-9-17(7-8-18(16)22-23)21-19(25)20-10-14-5-3-4-6-15(14)12-24/h3-9,11,13,24H,10,12H2,1-2H3,(H2,20,21,25). The van der Waals surface area contributed by atoms with Crippen molar-refractivity contribution < 1.29 is 9.90 Å². The number of fused-ring (bicyclic) bond motifs is 1. The van der Waals surface area contributed by atoms with Crippen LogP contribution in [0.2, 0.25) is 0 Å². The lowest BCUT2D eigenvalue weighted by atomic mass is 10.1. The summed E-state index contributed by atoms with van der Waals surface area (Å²) in [5.41, 5.74) is 3.32. The lowest BCUT2D eigenvalue weighted by Gasteiger charge is -2.10. The minimum Gasteiger partial charge on any atom is -0.392 e. The Hall–Kier alpha value is -2.86. The summed E-state index contributed by atoms with van der Waals surface area (Å²) in [7, 11) is 0. The van der Waals surface area contributed by atoms with E-state index in [-0.39, 0.29) is 12.6 Å². The van der Waals surface area contributed by atoms with Gasteiger partial charge >= 0.3 is 6.03 Å². The van der Waals surface area contributed by atoms with E-state index in [9.17, 15) is 9.90 Å². The van der Waals surface area contributed by atoms with E-state index in [2.05, 4.69) is 29.6 Å². The molecule has 0 unspecified atom stereocenters. The molecule has 0 saturated heterocycles. The van der Waals surface area contributed by atoms with Crippen LogP contribution in [0.15, 0.2) is 48.7 Å². The van der Waals surface area contributed by atoms with Gasteiger partial charge in [0.25, 0.3) is 0 Å². The van der Waals surface area contributed by atoms with E-state index in [1.807, 2.05) is 53.3 Å². The summed E-state index contributed by atoms with van der Waals surface area (Å²) >= 11 is 0. The van der Waals surface area contributed by atoms with Gasteiger partial charge in [0.15, 0.2) is 0 Å². The first kappa shape index (κ1) is 17.0. The fraction of sp³-hybridized carbons (Fsp3) is 0.263. The van der Waals surface area contributed by atoms with E-state index in [0.29, 0.717) is 18.3 Å². The Morgan fingerprint density at radius 3 is 2.68 bits per heavy atom. The lowest BCUT2D eigenvalue weighted by molar-refractivity contribution is 0.251. The molecular formula is C19H22N4O2. The van der Waals surface area contributed by atoms with Crippen molar-refractivity contribution in [1.82, 2.24) is 15.1 Å². The molecule has 6 nitrogen and oxygen atoms in total. The van der Waals surface area contributed by atoms with Crippen molar-refractivity contribution in [1.29, 1.82) is 0 Å². The Bertz CT molecular complexity index is 886. The second-order valence-electron chi connectivity index (χ2n) is 6.21. The molecule has 0 spiro atoms. The molecule has 0 aliphatic carbocycles. The number of hydrogen-bond donors (Lipinski definition) is 3. The number of benzene rings is 2. The number of aliphatic hydroxyl groups is 1. The van der Waals surface area contributed by atoms with E-state index in [1.165, 1.54) is 0 Å². The minimum absolute atomic E-state index is 0.0457. The van der Waals surface area contributed by atoms with E-state index >= 15 is 0 Å². The Morgan fingerprint density at radius 2 is 1.96 bits per heavy atom. The van der Waals surface area contributed by atoms with Gasteiger partial charge in [-0.1, -0.05) is 24.3 Å². The van der Waals surface area contributed by atoms with Crippen LogP contribution in [0, 0.1) is 0 Å². The van der Waals surface area contributed by atoms with Crippen molar-refractivity contribution in [2.24, 2.45) is 0 Å². The van der Waals surface area contributed by atoms with Crippen LogP contribution in [-0.2, 0) is 13.2 Å². The van der Waals surface area contributed by atoms with E-state index in [4.69, 9.17) is 0 Å². The molecule has 0 aliphatic rings. The van der Waals surface area contributed by atoms with Crippen molar-refractivity contribution in [3.05, 3.63) is 59.8 Å². The predicted octanol–water partition coefficient (Wildman–Crippen LogP) is 3.43. The molecule has 6 heteroatoms. The summed E-state index contributed by atoms with van der Waals surface area (Å²) in [6, 6.07) is 13.1. The monoisotopic (exact) mass is 338 g/mol. The smallest absolute Gasteiger partial charge is 0.319 e. The molecule has 0 atom stereocenters. The van der Waals surface area contributed by atoms with Crippen LogP contribution in [0.4, 0.5) is 10.5 Å². The number of nitrogens with one attached hydrogen (secondary N) is 2. The van der Waals surface area contributed by atoms with Gasteiger partial charge in [0.1, 0.15) is 0 Å². The first-order valence-electron chi connectivity index (χ1n) is 8.28. The highest BCUT2D eigenvalue weighted by Gasteiger charge is 2.07. The maximum Gasteiger partial charge on any atom is 0.319 e. The highest BCUT2D eigenvalue weighted by atomic mass is 16.3. The first-order valence-corrected chi connectivity index (χ1v) is 8.28. The molecule has 130 valence electrons. The number of aliphatic hydroxyl groups excluding tert-OH is 1. The summed E-state index contributed by atoms with van der Waals surface area (Å²) < 4.78 is 1.90. The minimum atomic E-state index is -0.289. The SMILES string of the molecule is CC(C)n1cc2cc(NC(=O)NCc3ccccc3CO)ccc2n1. The average molecular weight is 338 g/mol. The molecular weight excluding hydrogens is 316 g/mol. The van der Waals surface area contributed by atoms with Gasteiger partial charge in [-0.3, -0.25) is 4.68 Å². The molecule has 1 heterocycles. The van der Waals surface area contributed by atoms with E-state index in [1.54, 1.807) is 0 Å². The summed E-state index contributed by atoms with van der Waals surface area (Å²) in [6.45, 7) is 4.46. The number of anilines is 1. The highest BCUT2D eigenvalue weighted by Crippen LogP contribution is 2.19. The first-order chi connectivity index (χ1) is 12.1. The lowest BCUT2D eigenvalue weighted by Crippen LogP contribution is -2.28. The Morgan fingerprint density at radius 1 is 1.20 bits per heavy atom. The van der Waals surface area contributed by atoms with Gasteiger partial charge in [0.05, 0.1) is 12.1 Å². The largest absolute Gasteiger partial charge is 0.392 e. The second kappa shape index (κ2) is 7.36. The number of hydrogen-bond acceptors (Lipinski definition) is 3. The Balaban J connectivity index is 1.65. The topological polar surface area (TPSA) is 79.2 Å². The molecule has 0 fully saturated rings. The van der Waals surface area contributed by atoms with Crippen LogP contribution < -0.4 is 10.6 Å². The van der Waals surface area contributed by atoms with Crippen molar-refractivity contribution >= 4 is 22.6 Å². The van der Waals surface area contributed by atoms with Gasteiger partial charge in [-0.2, -0.15) is 5.10 Å². The number of carbonyl (C=O) groups is 1. The number of rotatable bonds is 5. The van der Waals surface area contributed by atoms with Crippen LogP contribution in [-0.4, -0.2) is 20.9 Å². The van der Waals surface area contributed by atoms with E-state index < -0.39 is 0 Å². The molecule has 0 radical (unpaired) electrons. The summed E-state index contributed by atoms with van der Waals surface area (Å²) in [5, 5.41) is 20.4. The predicted molar refractivity (Wildman–Crippen MR) is 98.3 cm³/mol. The third-order valence-corrected chi connectivity index (χ3v) is 4.04. The number of urea groups is 1. The molecule has 3 N–H and O–H groups in total. The van der Waals surface area contributed by atoms with Crippen molar-refractivity contribution in [3.8, 4) is 0 Å². The summed E-state index contributed by atoms with van der Waals surface area (Å²) in [6.07, 6.45) is 1.97. The fourth-order valence-electron chi connectivity index (χ4n) is 2.62. The number of carbonyl (C=O) groups excluding carboxylic acids is 1. The van der Waals surface area contributed by atoms with Crippen LogP contribution in [0.25, 0.3) is 10.9 Å². The van der Waals surface area contributed by atoms with Gasteiger partial charge in [0, 0.05) is 29.9 Å². The average Bonchev–Trinajstić information content (AvgIpc) is 3.04. The molecule has 0 aliphatic heterocycles. The summed E-state index contributed by atoms with van der Waals surface area (Å²) in [5.74, 6) is 0. The third kappa shape index (κ3) is 3.97. The zero-order valence-corrected chi connectivity index (χ0v) is 14.4. The maximum absolute atomic E-state index is 12.1. The highest BCUT2D eigenvalue weighted by molar-refractivity contribution is 5.92. The number of nitrogens with zero attached hydrogens (tertiary/aromatic N) is 2. The zero-order valence-electron chi connectivity index (χ0n) is 14.4. The number of amides is 2. The molecule has 2 aromatic carbocycles. The third-order valence-electron chi connectivity index (χ3n) is 4.04. The van der Waals surface area contributed by atoms with Crippen LogP contribution >= 0.6 is 0 Å². The molecule has 0 bridgehead atoms. The van der Waals surface area contributed by atoms with Crippen LogP contribution in [0.1, 0.15) is 31.0 Å². The Kier molecular flexibility index (Phi) is 5.00. The molecule has 3 aromatic rings. The van der Waals surface area contributed by atoms with Crippen LogP contribution in [0.5, 0.6) is 0 Å². The van der Waals surface area contributed by atoms with Crippen molar-refractivity contribution in [3.63, 3.8) is 0 Å². The molecule has 0 saturated carbocycles. The molecule has 1 aromatic heterocycles. The van der Waals surface area contributed by atoms with Gasteiger partial charge in [-0.15, -0.1) is 0 Å². The Labute approximate surface area is 146 Å². The second-order valence-corrected chi connectivity index (χ2v) is 6.21. The maximum atomic E-state index is 12.1. The van der Waals surface area contributed by atoms with E-state index in [0.717, 1.165) is 22.0 Å². The normalized spacial score (nSPS) is 11.0. The summed E-state index contributed by atoms with van der Waals surface area (Å²) in [4.78, 5) is 12.1. The van der Waals surface area contributed by atoms with Crippen LogP contribution in [0.3, 0.4) is 0 Å². The molecule has 25 heavy (non-hydrogen) atoms. The number of aromatic nitrogens is 2. The molecule has 2 amide bonds. The van der Waals surface area contributed by atoms with Gasteiger partial charge in [-0.25, -0.2) is 4.79 Å². The van der Waals surface area contributed by atoms with Gasteiger partial charge in [0.2, 0.25) is 0 Å². The van der Waals surface area contributed by atoms with Gasteiger partial charge < -0.3 is 15.7 Å². The fourth-order valence-corrected chi connectivity index (χ4v) is 2.62.